The predicted molar refractivity (Wildman–Crippen MR) is 143 cm³/mol. The number of benzene rings is 2. The Morgan fingerprint density at radius 3 is 2.23 bits per heavy atom. The van der Waals surface area contributed by atoms with E-state index in [1.165, 1.54) is 86.1 Å². The van der Waals surface area contributed by atoms with E-state index in [0.29, 0.717) is 18.9 Å². The normalized spacial score (nSPS) is 20.9. The standard InChI is InChI=1S/C32H42O3/c1-2-32(34)35-22-6-9-30-23-31(19-18-29(30)20-21-33)28-16-14-27(15-17-28)26-12-10-25(11-13-26)24-7-4-3-5-8-24/h2,14-19,23-26,33H,1,3-13,20-22H2. The summed E-state index contributed by atoms with van der Waals surface area (Å²) in [6.07, 6.45) is 16.2. The molecule has 4 rings (SSSR count). The molecule has 2 aliphatic rings. The molecule has 2 aromatic carbocycles. The van der Waals surface area contributed by atoms with Crippen LogP contribution in [0.4, 0.5) is 0 Å². The van der Waals surface area contributed by atoms with Crippen molar-refractivity contribution in [2.24, 2.45) is 11.8 Å². The van der Waals surface area contributed by atoms with Crippen LogP contribution in [0.5, 0.6) is 0 Å². The highest BCUT2D eigenvalue weighted by Crippen LogP contribution is 2.43. The number of aliphatic hydroxyl groups excluding tert-OH is 1. The molecule has 2 saturated carbocycles. The van der Waals surface area contributed by atoms with Crippen molar-refractivity contribution in [3.8, 4) is 11.1 Å². The van der Waals surface area contributed by atoms with Gasteiger partial charge in [-0.15, -0.1) is 0 Å². The minimum Gasteiger partial charge on any atom is -0.463 e. The van der Waals surface area contributed by atoms with Gasteiger partial charge in [-0.05, 0) is 90.5 Å². The fourth-order valence-electron chi connectivity index (χ4n) is 6.37. The quantitative estimate of drug-likeness (QED) is 0.222. The van der Waals surface area contributed by atoms with E-state index in [0.717, 1.165) is 30.2 Å². The van der Waals surface area contributed by atoms with Crippen LogP contribution in [-0.4, -0.2) is 24.3 Å². The lowest BCUT2D eigenvalue weighted by Gasteiger charge is -2.36. The van der Waals surface area contributed by atoms with Gasteiger partial charge in [-0.3, -0.25) is 0 Å². The number of esters is 1. The van der Waals surface area contributed by atoms with E-state index in [4.69, 9.17) is 4.74 Å². The molecule has 3 nitrogen and oxygen atoms in total. The van der Waals surface area contributed by atoms with Crippen molar-refractivity contribution < 1.29 is 14.6 Å². The summed E-state index contributed by atoms with van der Waals surface area (Å²) >= 11 is 0. The molecular formula is C32H42O3. The zero-order valence-electron chi connectivity index (χ0n) is 21.2. The third kappa shape index (κ3) is 7.07. The lowest BCUT2D eigenvalue weighted by atomic mass is 9.70. The summed E-state index contributed by atoms with van der Waals surface area (Å²) in [7, 11) is 0. The number of hydrogen-bond acceptors (Lipinski definition) is 3. The van der Waals surface area contributed by atoms with Crippen LogP contribution in [0, 0.1) is 11.8 Å². The van der Waals surface area contributed by atoms with Crippen LogP contribution >= 0.6 is 0 Å². The monoisotopic (exact) mass is 474 g/mol. The summed E-state index contributed by atoms with van der Waals surface area (Å²) in [6.45, 7) is 3.95. The summed E-state index contributed by atoms with van der Waals surface area (Å²) in [6, 6.07) is 15.8. The molecule has 0 aliphatic heterocycles. The molecule has 0 amide bonds. The Morgan fingerprint density at radius 2 is 1.54 bits per heavy atom. The summed E-state index contributed by atoms with van der Waals surface area (Å²) in [5.41, 5.74) is 6.32. The summed E-state index contributed by atoms with van der Waals surface area (Å²) in [5, 5.41) is 9.47. The van der Waals surface area contributed by atoms with E-state index in [1.807, 2.05) is 0 Å². The Hall–Kier alpha value is -2.39. The molecule has 0 spiro atoms. The molecule has 0 unspecified atom stereocenters. The number of aliphatic hydroxyl groups is 1. The maximum atomic E-state index is 11.3. The average molecular weight is 475 g/mol. The molecule has 0 atom stereocenters. The number of ether oxygens (including phenoxy) is 1. The largest absolute Gasteiger partial charge is 0.463 e. The van der Waals surface area contributed by atoms with Gasteiger partial charge < -0.3 is 9.84 Å². The van der Waals surface area contributed by atoms with Crippen molar-refractivity contribution >= 4 is 5.97 Å². The number of carbonyl (C=O) groups excluding carboxylic acids is 1. The highest BCUT2D eigenvalue weighted by molar-refractivity contribution is 5.81. The number of hydrogen-bond donors (Lipinski definition) is 1. The van der Waals surface area contributed by atoms with E-state index in [2.05, 4.69) is 49.0 Å². The minimum absolute atomic E-state index is 0.134. The van der Waals surface area contributed by atoms with Crippen molar-refractivity contribution in [2.75, 3.05) is 13.2 Å². The fraction of sp³-hybridized carbons (Fsp3) is 0.531. The van der Waals surface area contributed by atoms with Crippen molar-refractivity contribution in [3.63, 3.8) is 0 Å². The molecule has 0 saturated heterocycles. The maximum Gasteiger partial charge on any atom is 0.330 e. The van der Waals surface area contributed by atoms with Gasteiger partial charge in [0.1, 0.15) is 0 Å². The van der Waals surface area contributed by atoms with Crippen molar-refractivity contribution in [2.45, 2.75) is 83.0 Å². The Bertz CT molecular complexity index is 947. The Morgan fingerprint density at radius 1 is 0.857 bits per heavy atom. The number of aryl methyl sites for hydroxylation is 1. The molecule has 2 aromatic rings. The topological polar surface area (TPSA) is 46.5 Å². The molecule has 0 aromatic heterocycles. The van der Waals surface area contributed by atoms with E-state index < -0.39 is 0 Å². The SMILES string of the molecule is C=CC(=O)OCCCc1cc(-c2ccc(C3CCC(C4CCCCC4)CC3)cc2)ccc1CCO. The average Bonchev–Trinajstić information content (AvgIpc) is 2.92. The van der Waals surface area contributed by atoms with Crippen LogP contribution < -0.4 is 0 Å². The van der Waals surface area contributed by atoms with E-state index >= 15 is 0 Å². The summed E-state index contributed by atoms with van der Waals surface area (Å²) in [5.74, 6) is 2.31. The van der Waals surface area contributed by atoms with Gasteiger partial charge in [0.2, 0.25) is 0 Å². The number of carbonyl (C=O) groups is 1. The maximum absolute atomic E-state index is 11.3. The molecule has 2 fully saturated rings. The lowest BCUT2D eigenvalue weighted by Crippen LogP contribution is -2.23. The molecule has 2 aliphatic carbocycles. The lowest BCUT2D eigenvalue weighted by molar-refractivity contribution is -0.137. The van der Waals surface area contributed by atoms with Crippen LogP contribution in [0.3, 0.4) is 0 Å². The first-order valence-electron chi connectivity index (χ1n) is 13.8. The Kier molecular flexibility index (Phi) is 9.59. The third-order valence-electron chi connectivity index (χ3n) is 8.39. The van der Waals surface area contributed by atoms with Crippen molar-refractivity contribution in [1.29, 1.82) is 0 Å². The molecule has 35 heavy (non-hydrogen) atoms. The third-order valence-corrected chi connectivity index (χ3v) is 8.39. The number of rotatable bonds is 10. The van der Waals surface area contributed by atoms with E-state index in [1.54, 1.807) is 0 Å². The summed E-state index contributed by atoms with van der Waals surface area (Å²) in [4.78, 5) is 11.3. The molecule has 188 valence electrons. The highest BCUT2D eigenvalue weighted by atomic mass is 16.5. The Balaban J connectivity index is 1.37. The van der Waals surface area contributed by atoms with Crippen LogP contribution in [0.25, 0.3) is 11.1 Å². The van der Waals surface area contributed by atoms with E-state index in [9.17, 15) is 9.90 Å². The van der Waals surface area contributed by atoms with Crippen LogP contribution in [0.2, 0.25) is 0 Å². The minimum atomic E-state index is -0.378. The fourth-order valence-corrected chi connectivity index (χ4v) is 6.37. The summed E-state index contributed by atoms with van der Waals surface area (Å²) < 4.78 is 5.13. The van der Waals surface area contributed by atoms with Gasteiger partial charge in [-0.2, -0.15) is 0 Å². The van der Waals surface area contributed by atoms with Crippen LogP contribution in [0.1, 0.15) is 86.8 Å². The molecular weight excluding hydrogens is 432 g/mol. The molecule has 1 N–H and O–H groups in total. The molecule has 0 radical (unpaired) electrons. The van der Waals surface area contributed by atoms with Crippen molar-refractivity contribution in [1.82, 2.24) is 0 Å². The van der Waals surface area contributed by atoms with Crippen molar-refractivity contribution in [3.05, 3.63) is 71.8 Å². The van der Waals surface area contributed by atoms with E-state index in [-0.39, 0.29) is 12.6 Å². The zero-order chi connectivity index (χ0) is 24.5. The van der Waals surface area contributed by atoms with Crippen LogP contribution in [0.15, 0.2) is 55.1 Å². The second-order valence-corrected chi connectivity index (χ2v) is 10.6. The molecule has 3 heteroatoms. The molecule has 0 bridgehead atoms. The second-order valence-electron chi connectivity index (χ2n) is 10.6. The van der Waals surface area contributed by atoms with Gasteiger partial charge in [-0.25, -0.2) is 4.79 Å². The zero-order valence-corrected chi connectivity index (χ0v) is 21.2. The molecule has 0 heterocycles. The first kappa shape index (κ1) is 25.7. The van der Waals surface area contributed by atoms with Gasteiger partial charge >= 0.3 is 5.97 Å². The Labute approximate surface area is 211 Å². The smallest absolute Gasteiger partial charge is 0.330 e. The first-order chi connectivity index (χ1) is 17.2. The van der Waals surface area contributed by atoms with Gasteiger partial charge in [0.15, 0.2) is 0 Å². The highest BCUT2D eigenvalue weighted by Gasteiger charge is 2.29. The van der Waals surface area contributed by atoms with Gasteiger partial charge in [-0.1, -0.05) is 81.1 Å². The first-order valence-corrected chi connectivity index (χ1v) is 13.8. The van der Waals surface area contributed by atoms with Gasteiger partial charge in [0.25, 0.3) is 0 Å². The van der Waals surface area contributed by atoms with Gasteiger partial charge in [0, 0.05) is 12.7 Å². The second kappa shape index (κ2) is 13.1. The van der Waals surface area contributed by atoms with Crippen LogP contribution in [-0.2, 0) is 22.4 Å². The predicted octanol–water partition coefficient (Wildman–Crippen LogP) is 7.40. The van der Waals surface area contributed by atoms with Gasteiger partial charge in [0.05, 0.1) is 6.61 Å².